The zero-order valence-electron chi connectivity index (χ0n) is 49.2. The second-order valence-corrected chi connectivity index (χ2v) is 18.3. The minimum absolute atomic E-state index is 0.00435. The summed E-state index contributed by atoms with van der Waals surface area (Å²) in [5, 5.41) is 9.54. The molecule has 440 valence electrons. The van der Waals surface area contributed by atoms with Crippen LogP contribution in [-0.2, 0) is 0 Å². The fourth-order valence-electron chi connectivity index (χ4n) is 8.11. The molecule has 0 radical (unpaired) electrons. The Kier molecular flexibility index (Phi) is 26.2. The maximum absolute atomic E-state index is 12.6. The Bertz CT molecular complexity index is 3410. The summed E-state index contributed by atoms with van der Waals surface area (Å²) < 4.78 is 58.7. The fourth-order valence-corrected chi connectivity index (χ4v) is 8.11. The van der Waals surface area contributed by atoms with E-state index in [0.29, 0.717) is 74.0 Å². The molecule has 1 unspecified atom stereocenters. The quantitative estimate of drug-likeness (QED) is 0.0562. The molecule has 0 spiro atoms. The van der Waals surface area contributed by atoms with Gasteiger partial charge >= 0.3 is 0 Å². The Balaban J connectivity index is 0.000000206. The van der Waals surface area contributed by atoms with Crippen molar-refractivity contribution in [2.75, 3.05) is 76.2 Å². The topological polar surface area (TPSA) is 190 Å². The van der Waals surface area contributed by atoms with E-state index >= 15 is 0 Å². The molecule has 16 nitrogen and oxygen atoms in total. The van der Waals surface area contributed by atoms with Crippen LogP contribution in [0.5, 0.6) is 63.2 Å². The highest BCUT2D eigenvalue weighted by Crippen LogP contribution is 2.32. The van der Waals surface area contributed by atoms with Crippen LogP contribution < -0.4 is 52.1 Å². The number of hydrogen-bond acceptors (Lipinski definition) is 16. The van der Waals surface area contributed by atoms with E-state index in [4.69, 9.17) is 52.1 Å². The van der Waals surface area contributed by atoms with Gasteiger partial charge in [0.2, 0.25) is 5.78 Å². The number of ether oxygens (including phenoxy) is 11. The number of aliphatic hydroxyl groups excluding tert-OH is 1. The number of rotatable bonds is 24. The van der Waals surface area contributed by atoms with Crippen molar-refractivity contribution < 1.29 is 76.4 Å². The molecule has 1 N–H and O–H groups in total. The molecular formula is C68H72O16. The van der Waals surface area contributed by atoms with Crippen molar-refractivity contribution in [3.63, 3.8) is 0 Å². The van der Waals surface area contributed by atoms with Gasteiger partial charge in [-0.1, -0.05) is 78.9 Å². The third-order valence-electron chi connectivity index (χ3n) is 12.6. The maximum atomic E-state index is 12.6. The Morgan fingerprint density at radius 3 is 1.10 bits per heavy atom. The summed E-state index contributed by atoms with van der Waals surface area (Å²) in [6.07, 6.45) is -1.00. The van der Waals surface area contributed by atoms with E-state index in [1.807, 2.05) is 88.4 Å². The second kappa shape index (κ2) is 33.8. The number of aliphatic hydroxyl groups is 1. The van der Waals surface area contributed by atoms with Crippen LogP contribution in [0.3, 0.4) is 0 Å². The molecular weight excluding hydrogens is 1070 g/mol. The summed E-state index contributed by atoms with van der Waals surface area (Å²) in [7, 11) is 11.0. The van der Waals surface area contributed by atoms with E-state index in [1.54, 1.807) is 158 Å². The van der Waals surface area contributed by atoms with Gasteiger partial charge in [-0.3, -0.25) is 19.2 Å². The number of aryl methyl sites for hydroxylation is 4. The number of carbonyl (C=O) groups is 4. The summed E-state index contributed by atoms with van der Waals surface area (Å²) in [5.74, 6) is 6.19. The highest BCUT2D eigenvalue weighted by atomic mass is 16.5. The molecule has 0 bridgehead atoms. The van der Waals surface area contributed by atoms with Gasteiger partial charge in [0.15, 0.2) is 89.3 Å². The lowest BCUT2D eigenvalue weighted by Crippen LogP contribution is -2.31. The fraction of sp³-hybridized carbons (Fsp3) is 0.235. The zero-order valence-corrected chi connectivity index (χ0v) is 49.2. The average molecular weight is 1150 g/mol. The van der Waals surface area contributed by atoms with Gasteiger partial charge in [-0.15, -0.1) is 0 Å². The third kappa shape index (κ3) is 18.9. The Hall–Kier alpha value is -9.80. The molecule has 0 aliphatic carbocycles. The molecule has 0 heterocycles. The molecule has 0 fully saturated rings. The first-order valence-corrected chi connectivity index (χ1v) is 26.4. The highest BCUT2D eigenvalue weighted by molar-refractivity contribution is 6.00. The Labute approximate surface area is 491 Å². The molecule has 0 saturated carbocycles. The van der Waals surface area contributed by atoms with Gasteiger partial charge in [0.05, 0.1) is 56.4 Å². The van der Waals surface area contributed by atoms with Crippen LogP contribution in [0.2, 0.25) is 0 Å². The van der Waals surface area contributed by atoms with Crippen LogP contribution in [0.1, 0.15) is 63.7 Å². The number of carbonyl (C=O) groups excluding carboxylic acids is 4. The van der Waals surface area contributed by atoms with Crippen LogP contribution >= 0.6 is 0 Å². The summed E-state index contributed by atoms with van der Waals surface area (Å²) in [6.45, 7) is 7.08. The first-order chi connectivity index (χ1) is 40.6. The van der Waals surface area contributed by atoms with Gasteiger partial charge in [0.1, 0.15) is 17.2 Å². The van der Waals surface area contributed by atoms with E-state index < -0.39 is 12.7 Å². The van der Waals surface area contributed by atoms with Gasteiger partial charge < -0.3 is 57.2 Å². The summed E-state index contributed by atoms with van der Waals surface area (Å²) >= 11 is 0. The van der Waals surface area contributed by atoms with E-state index in [9.17, 15) is 24.3 Å². The minimum Gasteiger partial charge on any atom is -0.496 e. The summed E-state index contributed by atoms with van der Waals surface area (Å²) in [4.78, 5) is 48.9. The largest absolute Gasteiger partial charge is 0.496 e. The van der Waals surface area contributed by atoms with Crippen molar-refractivity contribution in [2.45, 2.75) is 33.8 Å². The Morgan fingerprint density at radius 2 is 0.679 bits per heavy atom. The molecule has 16 heteroatoms. The Morgan fingerprint density at radius 1 is 0.333 bits per heavy atom. The number of hydrogen-bond donors (Lipinski definition) is 1. The molecule has 8 aromatic rings. The van der Waals surface area contributed by atoms with E-state index in [2.05, 4.69) is 0 Å². The van der Waals surface area contributed by atoms with Crippen molar-refractivity contribution >= 4 is 23.1 Å². The van der Waals surface area contributed by atoms with E-state index in [0.717, 1.165) is 33.8 Å². The first-order valence-electron chi connectivity index (χ1n) is 26.4. The van der Waals surface area contributed by atoms with Crippen LogP contribution in [0.25, 0.3) is 0 Å². The van der Waals surface area contributed by atoms with Crippen LogP contribution in [-0.4, -0.2) is 111 Å². The van der Waals surface area contributed by atoms with Gasteiger partial charge in [-0.25, -0.2) is 0 Å². The normalized spacial score (nSPS) is 10.5. The number of ketones is 4. The predicted octanol–water partition coefficient (Wildman–Crippen LogP) is 12.4. The van der Waals surface area contributed by atoms with Crippen LogP contribution in [0, 0.1) is 27.7 Å². The van der Waals surface area contributed by atoms with Gasteiger partial charge in [0, 0.05) is 22.3 Å². The molecule has 0 aliphatic rings. The highest BCUT2D eigenvalue weighted by Gasteiger charge is 2.23. The predicted molar refractivity (Wildman–Crippen MR) is 322 cm³/mol. The standard InChI is InChI=1S/C18H20O5.C18H20O4.C17H18O4.C15H14O3/c1-12-10-13(8-9-14(12)21-2)18(20)17(11-19)23-16-7-5-4-6-15(16)22-3;1-12-6-5-7-17(21-4)18(12)22-11-15(19)14-8-9-16(20-3)13(2)10-14;1-12-10-13(8-9-15(12)19-2)14(18)11-21-17-7-5-4-6-16(17)20-3;1-17-14-9-5-6-10-15(14)18-11-13(16)12-7-3-2-4-8-12/h4-10,17,19H,11H2,1-3H3;5-10H,11H2,1-4H3;4-10H,11H2,1-3H3;2-10H,11H2,1H3. The van der Waals surface area contributed by atoms with Crippen molar-refractivity contribution in [1.82, 2.24) is 0 Å². The second-order valence-electron chi connectivity index (χ2n) is 18.3. The molecule has 0 aliphatic heterocycles. The molecule has 0 saturated heterocycles. The average Bonchev–Trinajstić information content (AvgIpc) is 3.71. The molecule has 0 aromatic heterocycles. The summed E-state index contributed by atoms with van der Waals surface area (Å²) in [5.41, 5.74) is 5.91. The van der Waals surface area contributed by atoms with E-state index in [-0.39, 0.29) is 43.0 Å². The minimum atomic E-state index is -1.00. The van der Waals surface area contributed by atoms with E-state index in [1.165, 1.54) is 7.11 Å². The van der Waals surface area contributed by atoms with Gasteiger partial charge in [-0.2, -0.15) is 0 Å². The molecule has 8 rings (SSSR count). The number of para-hydroxylation sites is 7. The summed E-state index contributed by atoms with van der Waals surface area (Å²) in [6, 6.07) is 51.9. The first kappa shape index (κ1) is 65.0. The monoisotopic (exact) mass is 1140 g/mol. The van der Waals surface area contributed by atoms with Crippen molar-refractivity contribution in [1.29, 1.82) is 0 Å². The van der Waals surface area contributed by atoms with Crippen LogP contribution in [0.15, 0.2) is 176 Å². The smallest absolute Gasteiger partial charge is 0.205 e. The number of benzene rings is 8. The molecule has 8 aromatic carbocycles. The van der Waals surface area contributed by atoms with Crippen LogP contribution in [0.4, 0.5) is 0 Å². The van der Waals surface area contributed by atoms with Crippen molar-refractivity contribution in [2.24, 2.45) is 0 Å². The maximum Gasteiger partial charge on any atom is 0.205 e. The van der Waals surface area contributed by atoms with Crippen molar-refractivity contribution in [3.8, 4) is 63.2 Å². The third-order valence-corrected chi connectivity index (χ3v) is 12.6. The SMILES string of the molecule is COc1ccc(C(=O)C(CO)Oc2ccccc2OC)cc1C.COc1ccc(C(=O)COc2c(C)cccc2OC)cc1C.COc1ccc(C(=O)COc2ccccc2OC)cc1C.COc1ccccc1OCC(=O)c1ccccc1. The number of Topliss-reactive ketones (excluding diaryl/α,β-unsaturated/α-hetero) is 4. The molecule has 84 heavy (non-hydrogen) atoms. The van der Waals surface area contributed by atoms with Crippen molar-refractivity contribution in [3.05, 3.63) is 220 Å². The molecule has 1 atom stereocenters. The van der Waals surface area contributed by atoms with Gasteiger partial charge in [0.25, 0.3) is 0 Å². The van der Waals surface area contributed by atoms with Gasteiger partial charge in [-0.05, 0) is 147 Å². The zero-order chi connectivity index (χ0) is 61.0. The number of methoxy groups -OCH3 is 7. The lowest BCUT2D eigenvalue weighted by atomic mass is 10.0. The lowest BCUT2D eigenvalue weighted by Gasteiger charge is -2.18. The lowest BCUT2D eigenvalue weighted by molar-refractivity contribution is 0.0651. The molecule has 0 amide bonds.